The first-order valence-electron chi connectivity index (χ1n) is 6.33. The highest BCUT2D eigenvalue weighted by Crippen LogP contribution is 2.19. The lowest BCUT2D eigenvalue weighted by molar-refractivity contribution is 0.102. The fourth-order valence-corrected chi connectivity index (χ4v) is 2.21. The highest BCUT2D eigenvalue weighted by molar-refractivity contribution is 7.98. The SMILES string of the molecule is CSc1ccc(NC(=O)c2cccc(N(C)C)c2)cc1. The number of nitrogens with one attached hydrogen (secondary N) is 1. The molecule has 0 saturated carbocycles. The Morgan fingerprint density at radius 3 is 2.40 bits per heavy atom. The van der Waals surface area contributed by atoms with Gasteiger partial charge in [0.1, 0.15) is 0 Å². The molecule has 104 valence electrons. The summed E-state index contributed by atoms with van der Waals surface area (Å²) in [7, 11) is 3.91. The van der Waals surface area contributed by atoms with Crippen molar-refractivity contribution in [1.29, 1.82) is 0 Å². The number of anilines is 2. The lowest BCUT2D eigenvalue weighted by atomic mass is 10.1. The molecule has 2 aromatic rings. The zero-order valence-electron chi connectivity index (χ0n) is 11.9. The second kappa shape index (κ2) is 6.48. The molecule has 0 aliphatic heterocycles. The smallest absolute Gasteiger partial charge is 0.255 e. The highest BCUT2D eigenvalue weighted by atomic mass is 32.2. The van der Waals surface area contributed by atoms with E-state index in [2.05, 4.69) is 5.32 Å². The standard InChI is InChI=1S/C16H18N2OS/c1-18(2)14-6-4-5-12(11-14)16(19)17-13-7-9-15(20-3)10-8-13/h4-11H,1-3H3,(H,17,19). The van der Waals surface area contributed by atoms with E-state index in [1.165, 1.54) is 4.90 Å². The molecule has 0 atom stereocenters. The third kappa shape index (κ3) is 3.54. The first kappa shape index (κ1) is 14.5. The maximum atomic E-state index is 12.2. The van der Waals surface area contributed by atoms with Crippen LogP contribution in [0, 0.1) is 0 Å². The first-order valence-corrected chi connectivity index (χ1v) is 7.55. The van der Waals surface area contributed by atoms with Crippen LogP contribution in [-0.2, 0) is 0 Å². The summed E-state index contributed by atoms with van der Waals surface area (Å²) in [6, 6.07) is 15.4. The van der Waals surface area contributed by atoms with Gasteiger partial charge < -0.3 is 10.2 Å². The van der Waals surface area contributed by atoms with Crippen LogP contribution in [0.3, 0.4) is 0 Å². The third-order valence-corrected chi connectivity index (χ3v) is 3.72. The molecular weight excluding hydrogens is 268 g/mol. The minimum atomic E-state index is -0.0920. The summed E-state index contributed by atoms with van der Waals surface area (Å²) in [6.45, 7) is 0. The van der Waals surface area contributed by atoms with Gasteiger partial charge in [0, 0.05) is 35.9 Å². The van der Waals surface area contributed by atoms with E-state index >= 15 is 0 Å². The van der Waals surface area contributed by atoms with Gasteiger partial charge in [-0.3, -0.25) is 4.79 Å². The van der Waals surface area contributed by atoms with Gasteiger partial charge >= 0.3 is 0 Å². The lowest BCUT2D eigenvalue weighted by Crippen LogP contribution is -2.14. The summed E-state index contributed by atoms with van der Waals surface area (Å²) >= 11 is 1.68. The minimum Gasteiger partial charge on any atom is -0.378 e. The molecule has 0 aliphatic rings. The van der Waals surface area contributed by atoms with Crippen molar-refractivity contribution in [3.63, 3.8) is 0 Å². The van der Waals surface area contributed by atoms with Crippen molar-refractivity contribution in [2.75, 3.05) is 30.6 Å². The van der Waals surface area contributed by atoms with Crippen molar-refractivity contribution in [2.24, 2.45) is 0 Å². The van der Waals surface area contributed by atoms with Crippen LogP contribution in [0.1, 0.15) is 10.4 Å². The molecule has 4 heteroatoms. The van der Waals surface area contributed by atoms with Crippen LogP contribution in [0.15, 0.2) is 53.4 Å². The molecule has 3 nitrogen and oxygen atoms in total. The van der Waals surface area contributed by atoms with Gasteiger partial charge in [-0.05, 0) is 48.7 Å². The van der Waals surface area contributed by atoms with Crippen LogP contribution in [0.4, 0.5) is 11.4 Å². The lowest BCUT2D eigenvalue weighted by Gasteiger charge is -2.13. The van der Waals surface area contributed by atoms with Crippen LogP contribution in [-0.4, -0.2) is 26.3 Å². The van der Waals surface area contributed by atoms with Crippen LogP contribution < -0.4 is 10.2 Å². The summed E-state index contributed by atoms with van der Waals surface area (Å²) in [5, 5.41) is 2.91. The van der Waals surface area contributed by atoms with E-state index in [-0.39, 0.29) is 5.91 Å². The number of carbonyl (C=O) groups is 1. The summed E-state index contributed by atoms with van der Waals surface area (Å²) in [5.74, 6) is -0.0920. The van der Waals surface area contributed by atoms with Crippen LogP contribution in [0.5, 0.6) is 0 Å². The monoisotopic (exact) mass is 286 g/mol. The maximum Gasteiger partial charge on any atom is 0.255 e. The molecular formula is C16H18N2OS. The quantitative estimate of drug-likeness (QED) is 0.869. The van der Waals surface area contributed by atoms with Gasteiger partial charge in [0.25, 0.3) is 5.91 Å². The van der Waals surface area contributed by atoms with Crippen LogP contribution in [0.2, 0.25) is 0 Å². The predicted octanol–water partition coefficient (Wildman–Crippen LogP) is 3.73. The van der Waals surface area contributed by atoms with E-state index in [0.717, 1.165) is 11.4 Å². The molecule has 0 unspecified atom stereocenters. The van der Waals surface area contributed by atoms with E-state index < -0.39 is 0 Å². The van der Waals surface area contributed by atoms with Crippen LogP contribution >= 0.6 is 11.8 Å². The number of nitrogens with zero attached hydrogens (tertiary/aromatic N) is 1. The Bertz CT molecular complexity index is 594. The van der Waals surface area contributed by atoms with Crippen molar-refractivity contribution >= 4 is 29.0 Å². The first-order chi connectivity index (χ1) is 9.60. The molecule has 0 bridgehead atoms. The van der Waals surface area contributed by atoms with Crippen molar-refractivity contribution < 1.29 is 4.79 Å². The van der Waals surface area contributed by atoms with E-state index in [9.17, 15) is 4.79 Å². The van der Waals surface area contributed by atoms with Gasteiger partial charge in [-0.2, -0.15) is 0 Å². The topological polar surface area (TPSA) is 32.3 Å². The Morgan fingerprint density at radius 1 is 1.10 bits per heavy atom. The number of benzene rings is 2. The molecule has 0 heterocycles. The predicted molar refractivity (Wildman–Crippen MR) is 86.9 cm³/mol. The van der Waals surface area contributed by atoms with Gasteiger partial charge in [-0.15, -0.1) is 11.8 Å². The fraction of sp³-hybridized carbons (Fsp3) is 0.188. The van der Waals surface area contributed by atoms with E-state index in [1.807, 2.05) is 73.8 Å². The molecule has 0 aliphatic carbocycles. The number of carbonyl (C=O) groups excluding carboxylic acids is 1. The van der Waals surface area contributed by atoms with Crippen molar-refractivity contribution in [3.8, 4) is 0 Å². The Balaban J connectivity index is 2.12. The molecule has 2 aromatic carbocycles. The van der Waals surface area contributed by atoms with E-state index in [4.69, 9.17) is 0 Å². The van der Waals surface area contributed by atoms with E-state index in [1.54, 1.807) is 11.8 Å². The van der Waals surface area contributed by atoms with Crippen LogP contribution in [0.25, 0.3) is 0 Å². The molecule has 0 fully saturated rings. The third-order valence-electron chi connectivity index (χ3n) is 2.97. The van der Waals surface area contributed by atoms with E-state index in [0.29, 0.717) is 5.56 Å². The summed E-state index contributed by atoms with van der Waals surface area (Å²) in [5.41, 5.74) is 2.48. The summed E-state index contributed by atoms with van der Waals surface area (Å²) in [6.07, 6.45) is 2.03. The molecule has 0 aromatic heterocycles. The van der Waals surface area contributed by atoms with Crippen molar-refractivity contribution in [3.05, 3.63) is 54.1 Å². The summed E-state index contributed by atoms with van der Waals surface area (Å²) in [4.78, 5) is 15.4. The second-order valence-corrected chi connectivity index (χ2v) is 5.51. The Morgan fingerprint density at radius 2 is 1.80 bits per heavy atom. The van der Waals surface area contributed by atoms with Crippen molar-refractivity contribution in [2.45, 2.75) is 4.90 Å². The molecule has 2 rings (SSSR count). The Labute approximate surface area is 124 Å². The zero-order chi connectivity index (χ0) is 14.5. The number of hydrogen-bond donors (Lipinski definition) is 1. The Kier molecular flexibility index (Phi) is 4.69. The molecule has 0 spiro atoms. The zero-order valence-corrected chi connectivity index (χ0v) is 12.7. The molecule has 20 heavy (non-hydrogen) atoms. The Hall–Kier alpha value is -1.94. The maximum absolute atomic E-state index is 12.2. The van der Waals surface area contributed by atoms with Gasteiger partial charge in [-0.25, -0.2) is 0 Å². The second-order valence-electron chi connectivity index (χ2n) is 4.63. The van der Waals surface area contributed by atoms with Gasteiger partial charge in [0.05, 0.1) is 0 Å². The average Bonchev–Trinajstić information content (AvgIpc) is 2.48. The average molecular weight is 286 g/mol. The summed E-state index contributed by atoms with van der Waals surface area (Å²) < 4.78 is 0. The number of thioether (sulfide) groups is 1. The number of hydrogen-bond acceptors (Lipinski definition) is 3. The highest BCUT2D eigenvalue weighted by Gasteiger charge is 2.07. The van der Waals surface area contributed by atoms with Gasteiger partial charge in [-0.1, -0.05) is 6.07 Å². The fourth-order valence-electron chi connectivity index (χ4n) is 1.80. The van der Waals surface area contributed by atoms with Gasteiger partial charge in [0.15, 0.2) is 0 Å². The molecule has 0 saturated heterocycles. The van der Waals surface area contributed by atoms with Crippen molar-refractivity contribution in [1.82, 2.24) is 0 Å². The molecule has 0 radical (unpaired) electrons. The molecule has 1 amide bonds. The number of amides is 1. The van der Waals surface area contributed by atoms with Gasteiger partial charge in [0.2, 0.25) is 0 Å². The normalized spacial score (nSPS) is 10.2. The minimum absolute atomic E-state index is 0.0920. The number of rotatable bonds is 4. The largest absolute Gasteiger partial charge is 0.378 e. The molecule has 1 N–H and O–H groups in total.